The van der Waals surface area contributed by atoms with E-state index >= 15 is 0 Å². The zero-order valence-electron chi connectivity index (χ0n) is 20.0. The molecule has 0 radical (unpaired) electrons. The van der Waals surface area contributed by atoms with Gasteiger partial charge < -0.3 is 10.6 Å². The molecule has 3 aromatic rings. The van der Waals surface area contributed by atoms with Crippen LogP contribution < -0.4 is 10.6 Å². The zero-order valence-corrected chi connectivity index (χ0v) is 20.0. The first-order chi connectivity index (χ1) is 16.1. The predicted octanol–water partition coefficient (Wildman–Crippen LogP) is 3.74. The zero-order chi connectivity index (χ0) is 23.0. The van der Waals surface area contributed by atoms with Crippen molar-refractivity contribution >= 4 is 5.96 Å². The van der Waals surface area contributed by atoms with Crippen LogP contribution in [0.2, 0.25) is 0 Å². The van der Waals surface area contributed by atoms with Crippen LogP contribution in [0.3, 0.4) is 0 Å². The Labute approximate surface area is 197 Å². The highest BCUT2D eigenvalue weighted by molar-refractivity contribution is 5.79. The molecule has 1 saturated heterocycles. The normalized spacial score (nSPS) is 14.9. The van der Waals surface area contributed by atoms with E-state index in [9.17, 15) is 0 Å². The van der Waals surface area contributed by atoms with Crippen molar-refractivity contribution in [1.82, 2.24) is 30.3 Å². The van der Waals surface area contributed by atoms with E-state index in [4.69, 9.17) is 0 Å². The molecule has 7 heteroatoms. The lowest BCUT2D eigenvalue weighted by molar-refractivity contribution is 0.221. The summed E-state index contributed by atoms with van der Waals surface area (Å²) in [6.07, 6.45) is 5.92. The standard InChI is InChI=1S/C26H35N7/c1-20-15-21(2)33(31-20)25-12-11-24(17-28-25)18-30-26(27-3)29-16-22-7-9-23(10-8-22)19-32-13-5-4-6-14-32/h7-12,15,17H,4-6,13-14,16,18-19H2,1-3H3,(H2,27,29,30). The van der Waals surface area contributed by atoms with Crippen molar-refractivity contribution in [2.75, 3.05) is 20.1 Å². The lowest BCUT2D eigenvalue weighted by Gasteiger charge is -2.26. The van der Waals surface area contributed by atoms with E-state index < -0.39 is 0 Å². The maximum absolute atomic E-state index is 4.57. The largest absolute Gasteiger partial charge is 0.352 e. The monoisotopic (exact) mass is 445 g/mol. The number of aryl methyl sites for hydroxylation is 2. The minimum Gasteiger partial charge on any atom is -0.352 e. The van der Waals surface area contributed by atoms with E-state index in [2.05, 4.69) is 67.0 Å². The number of piperidine rings is 1. The second-order valence-electron chi connectivity index (χ2n) is 8.80. The molecule has 0 atom stereocenters. The summed E-state index contributed by atoms with van der Waals surface area (Å²) in [7, 11) is 1.79. The molecule has 174 valence electrons. The smallest absolute Gasteiger partial charge is 0.191 e. The van der Waals surface area contributed by atoms with Crippen LogP contribution in [-0.2, 0) is 19.6 Å². The van der Waals surface area contributed by atoms with Gasteiger partial charge in [-0.25, -0.2) is 9.67 Å². The average molecular weight is 446 g/mol. The Morgan fingerprint density at radius 3 is 2.18 bits per heavy atom. The summed E-state index contributed by atoms with van der Waals surface area (Å²) in [5, 5.41) is 11.3. The first-order valence-corrected chi connectivity index (χ1v) is 11.8. The molecular formula is C26H35N7. The fourth-order valence-electron chi connectivity index (χ4n) is 4.24. The van der Waals surface area contributed by atoms with E-state index in [1.165, 1.54) is 43.5 Å². The fourth-order valence-corrected chi connectivity index (χ4v) is 4.24. The number of benzene rings is 1. The number of hydrogen-bond donors (Lipinski definition) is 2. The van der Waals surface area contributed by atoms with Crippen LogP contribution in [0.4, 0.5) is 0 Å². The van der Waals surface area contributed by atoms with Crippen LogP contribution in [0.1, 0.15) is 47.3 Å². The summed E-state index contributed by atoms with van der Waals surface area (Å²) < 4.78 is 1.87. The van der Waals surface area contributed by atoms with Gasteiger partial charge in [0.05, 0.1) is 5.69 Å². The number of aliphatic imine (C=N–C) groups is 1. The summed E-state index contributed by atoms with van der Waals surface area (Å²) >= 11 is 0. The molecule has 33 heavy (non-hydrogen) atoms. The van der Waals surface area contributed by atoms with E-state index in [1.54, 1.807) is 7.05 Å². The van der Waals surface area contributed by atoms with Gasteiger partial charge in [-0.2, -0.15) is 5.10 Å². The van der Waals surface area contributed by atoms with Crippen molar-refractivity contribution in [2.45, 2.75) is 52.7 Å². The number of pyridine rings is 1. The highest BCUT2D eigenvalue weighted by Gasteiger charge is 2.10. The molecule has 2 aromatic heterocycles. The van der Waals surface area contributed by atoms with Crippen molar-refractivity contribution in [2.24, 2.45) is 4.99 Å². The van der Waals surface area contributed by atoms with Gasteiger partial charge in [-0.1, -0.05) is 36.8 Å². The van der Waals surface area contributed by atoms with Gasteiger partial charge in [0.15, 0.2) is 11.8 Å². The van der Waals surface area contributed by atoms with Crippen molar-refractivity contribution in [3.63, 3.8) is 0 Å². The predicted molar refractivity (Wildman–Crippen MR) is 133 cm³/mol. The first kappa shape index (κ1) is 23.0. The first-order valence-electron chi connectivity index (χ1n) is 11.8. The Kier molecular flexibility index (Phi) is 7.73. The van der Waals surface area contributed by atoms with E-state index in [-0.39, 0.29) is 0 Å². The number of rotatable bonds is 7. The van der Waals surface area contributed by atoms with Gasteiger partial charge in [-0.05, 0) is 68.6 Å². The molecule has 0 aliphatic carbocycles. The Hall–Kier alpha value is -3.19. The Bertz CT molecular complexity index is 1050. The van der Waals surface area contributed by atoms with Gasteiger partial charge in [0.2, 0.25) is 0 Å². The number of nitrogens with one attached hydrogen (secondary N) is 2. The van der Waals surface area contributed by atoms with Gasteiger partial charge in [0, 0.05) is 38.6 Å². The summed E-state index contributed by atoms with van der Waals surface area (Å²) in [4.78, 5) is 11.5. The van der Waals surface area contributed by atoms with Crippen LogP contribution in [0, 0.1) is 13.8 Å². The van der Waals surface area contributed by atoms with Gasteiger partial charge in [-0.3, -0.25) is 9.89 Å². The van der Waals surface area contributed by atoms with Crippen LogP contribution >= 0.6 is 0 Å². The third kappa shape index (κ3) is 6.42. The van der Waals surface area contributed by atoms with Crippen molar-refractivity contribution < 1.29 is 0 Å². The Balaban J connectivity index is 1.24. The molecule has 0 amide bonds. The number of guanidine groups is 1. The van der Waals surface area contributed by atoms with Crippen molar-refractivity contribution in [3.05, 3.63) is 76.7 Å². The molecule has 1 aromatic carbocycles. The second-order valence-corrected chi connectivity index (χ2v) is 8.80. The summed E-state index contributed by atoms with van der Waals surface area (Å²) in [5.74, 6) is 1.60. The maximum atomic E-state index is 4.57. The molecule has 1 aliphatic rings. The quantitative estimate of drug-likeness (QED) is 0.428. The highest BCUT2D eigenvalue weighted by Crippen LogP contribution is 2.14. The molecule has 0 saturated carbocycles. The number of hydrogen-bond acceptors (Lipinski definition) is 4. The van der Waals surface area contributed by atoms with Crippen LogP contribution in [0.25, 0.3) is 5.82 Å². The topological polar surface area (TPSA) is 70.4 Å². The molecule has 1 fully saturated rings. The lowest BCUT2D eigenvalue weighted by Crippen LogP contribution is -2.36. The Morgan fingerprint density at radius 2 is 1.58 bits per heavy atom. The third-order valence-electron chi connectivity index (χ3n) is 6.06. The van der Waals surface area contributed by atoms with E-state index in [0.717, 1.165) is 41.8 Å². The maximum Gasteiger partial charge on any atom is 0.191 e. The summed E-state index contributed by atoms with van der Waals surface area (Å²) in [6.45, 7) is 8.93. The van der Waals surface area contributed by atoms with Gasteiger partial charge in [-0.15, -0.1) is 0 Å². The molecule has 2 N–H and O–H groups in total. The van der Waals surface area contributed by atoms with E-state index in [0.29, 0.717) is 6.54 Å². The molecule has 1 aliphatic heterocycles. The van der Waals surface area contributed by atoms with Crippen LogP contribution in [-0.4, -0.2) is 45.8 Å². The third-order valence-corrected chi connectivity index (χ3v) is 6.06. The van der Waals surface area contributed by atoms with E-state index in [1.807, 2.05) is 30.8 Å². The number of nitrogens with zero attached hydrogens (tertiary/aromatic N) is 5. The van der Waals surface area contributed by atoms with Gasteiger partial charge in [0.25, 0.3) is 0 Å². The van der Waals surface area contributed by atoms with Crippen molar-refractivity contribution in [3.8, 4) is 5.82 Å². The molecule has 3 heterocycles. The lowest BCUT2D eigenvalue weighted by atomic mass is 10.1. The van der Waals surface area contributed by atoms with Crippen molar-refractivity contribution in [1.29, 1.82) is 0 Å². The fraction of sp³-hybridized carbons (Fsp3) is 0.423. The summed E-state index contributed by atoms with van der Waals surface area (Å²) in [5.41, 5.74) is 5.79. The Morgan fingerprint density at radius 1 is 0.909 bits per heavy atom. The van der Waals surface area contributed by atoms with Gasteiger partial charge in [0.1, 0.15) is 0 Å². The molecular weight excluding hydrogens is 410 g/mol. The summed E-state index contributed by atoms with van der Waals surface area (Å²) in [6, 6.07) is 15.0. The minimum atomic E-state index is 0.652. The average Bonchev–Trinajstić information content (AvgIpc) is 3.19. The molecule has 7 nitrogen and oxygen atoms in total. The molecule has 4 rings (SSSR count). The molecule has 0 spiro atoms. The van der Waals surface area contributed by atoms with Crippen LogP contribution in [0.5, 0.6) is 0 Å². The van der Waals surface area contributed by atoms with Crippen LogP contribution in [0.15, 0.2) is 53.7 Å². The second kappa shape index (κ2) is 11.1. The minimum absolute atomic E-state index is 0.652. The number of aromatic nitrogens is 3. The highest BCUT2D eigenvalue weighted by atomic mass is 15.3. The number of likely N-dealkylation sites (tertiary alicyclic amines) is 1. The molecule has 0 unspecified atom stereocenters. The molecule has 0 bridgehead atoms. The SMILES string of the molecule is CN=C(NCc1ccc(CN2CCCCC2)cc1)NCc1ccc(-n2nc(C)cc2C)nc1. The van der Waals surface area contributed by atoms with Gasteiger partial charge >= 0.3 is 0 Å².